The number of hydrogen-bond acceptors (Lipinski definition) is 5. The Morgan fingerprint density at radius 1 is 1.03 bits per heavy atom. The lowest BCUT2D eigenvalue weighted by Gasteiger charge is -2.07. The smallest absolute Gasteiger partial charge is 0.264 e. The van der Waals surface area contributed by atoms with Crippen LogP contribution < -0.4 is 14.8 Å². The van der Waals surface area contributed by atoms with E-state index in [4.69, 9.17) is 9.47 Å². The van der Waals surface area contributed by atoms with Crippen LogP contribution in [0.25, 0.3) is 10.8 Å². The summed E-state index contributed by atoms with van der Waals surface area (Å²) in [5, 5.41) is 5.82. The molecule has 3 aromatic carbocycles. The van der Waals surface area contributed by atoms with Crippen molar-refractivity contribution in [3.63, 3.8) is 0 Å². The Kier molecular flexibility index (Phi) is 5.72. The highest BCUT2D eigenvalue weighted by Gasteiger charge is 2.10. The van der Waals surface area contributed by atoms with Crippen LogP contribution in [0.5, 0.6) is 11.5 Å². The van der Waals surface area contributed by atoms with Gasteiger partial charge < -0.3 is 9.47 Å². The fourth-order valence-electron chi connectivity index (χ4n) is 3.08. The summed E-state index contributed by atoms with van der Waals surface area (Å²) in [6.45, 7) is -0.0919. The molecule has 146 valence electrons. The van der Waals surface area contributed by atoms with Crippen molar-refractivity contribution in [2.24, 2.45) is 0 Å². The molecule has 0 unspecified atom stereocenters. The van der Waals surface area contributed by atoms with Gasteiger partial charge in [0.1, 0.15) is 11.5 Å². The fraction of sp³-hybridized carbons (Fsp3) is 0.130. The highest BCUT2D eigenvalue weighted by molar-refractivity contribution is 7.15. The van der Waals surface area contributed by atoms with Gasteiger partial charge >= 0.3 is 0 Å². The van der Waals surface area contributed by atoms with Gasteiger partial charge in [-0.25, -0.2) is 4.98 Å². The van der Waals surface area contributed by atoms with E-state index in [9.17, 15) is 4.79 Å². The normalized spacial score (nSPS) is 10.7. The molecule has 1 N–H and O–H groups in total. The average Bonchev–Trinajstić information content (AvgIpc) is 3.19. The van der Waals surface area contributed by atoms with Crippen LogP contribution in [0.15, 0.2) is 72.9 Å². The summed E-state index contributed by atoms with van der Waals surface area (Å²) in [6.07, 6.45) is 2.58. The number of thiazole rings is 1. The maximum Gasteiger partial charge on any atom is 0.264 e. The third-order valence-electron chi connectivity index (χ3n) is 4.46. The van der Waals surface area contributed by atoms with Crippen molar-refractivity contribution >= 4 is 33.1 Å². The molecule has 4 aromatic rings. The van der Waals surface area contributed by atoms with Gasteiger partial charge in [-0.3, -0.25) is 10.1 Å². The van der Waals surface area contributed by atoms with Crippen molar-refractivity contribution in [2.75, 3.05) is 19.0 Å². The zero-order valence-corrected chi connectivity index (χ0v) is 16.7. The molecule has 1 heterocycles. The quantitative estimate of drug-likeness (QED) is 0.475. The van der Waals surface area contributed by atoms with Gasteiger partial charge in [0.25, 0.3) is 5.91 Å². The Morgan fingerprint density at radius 3 is 2.72 bits per heavy atom. The number of nitrogens with one attached hydrogen (secondary N) is 1. The third-order valence-corrected chi connectivity index (χ3v) is 5.37. The maximum absolute atomic E-state index is 12.2. The van der Waals surface area contributed by atoms with E-state index in [0.29, 0.717) is 16.6 Å². The van der Waals surface area contributed by atoms with E-state index in [2.05, 4.69) is 40.6 Å². The highest BCUT2D eigenvalue weighted by atomic mass is 32.1. The van der Waals surface area contributed by atoms with Crippen LogP contribution in [0.1, 0.15) is 10.4 Å². The van der Waals surface area contributed by atoms with E-state index in [0.717, 1.165) is 11.3 Å². The molecule has 0 bridgehead atoms. The van der Waals surface area contributed by atoms with Gasteiger partial charge in [-0.05, 0) is 28.5 Å². The molecular weight excluding hydrogens is 384 g/mol. The summed E-state index contributed by atoms with van der Waals surface area (Å²) in [5.41, 5.74) is 1.24. The minimum absolute atomic E-state index is 0.0919. The van der Waals surface area contributed by atoms with Gasteiger partial charge in [0.2, 0.25) is 0 Å². The monoisotopic (exact) mass is 404 g/mol. The van der Waals surface area contributed by atoms with E-state index in [1.54, 1.807) is 19.2 Å². The zero-order valence-electron chi connectivity index (χ0n) is 15.9. The van der Waals surface area contributed by atoms with Gasteiger partial charge in [-0.15, -0.1) is 11.3 Å². The summed E-state index contributed by atoms with van der Waals surface area (Å²) >= 11 is 1.47. The molecule has 0 atom stereocenters. The third kappa shape index (κ3) is 4.73. The number of hydrogen-bond donors (Lipinski definition) is 1. The summed E-state index contributed by atoms with van der Waals surface area (Å²) in [7, 11) is 1.59. The molecular formula is C23H20N2O3S. The summed E-state index contributed by atoms with van der Waals surface area (Å²) < 4.78 is 10.7. The first kappa shape index (κ1) is 19.0. The number of carbonyl (C=O) groups excluding carboxylic acids is 1. The maximum atomic E-state index is 12.2. The van der Waals surface area contributed by atoms with Crippen molar-refractivity contribution in [3.8, 4) is 11.5 Å². The second kappa shape index (κ2) is 8.75. The molecule has 29 heavy (non-hydrogen) atoms. The lowest BCUT2D eigenvalue weighted by atomic mass is 10.0. The van der Waals surface area contributed by atoms with Crippen molar-refractivity contribution in [1.29, 1.82) is 0 Å². The second-order valence-electron chi connectivity index (χ2n) is 6.46. The van der Waals surface area contributed by atoms with E-state index < -0.39 is 0 Å². The van der Waals surface area contributed by atoms with Crippen LogP contribution in [0, 0.1) is 0 Å². The van der Waals surface area contributed by atoms with Crippen molar-refractivity contribution in [3.05, 3.63) is 83.4 Å². The topological polar surface area (TPSA) is 60.5 Å². The number of anilines is 1. The van der Waals surface area contributed by atoms with Gasteiger partial charge in [-0.1, -0.05) is 48.5 Å². The van der Waals surface area contributed by atoms with Gasteiger partial charge in [-0.2, -0.15) is 0 Å². The molecule has 0 aliphatic rings. The van der Waals surface area contributed by atoms with Crippen LogP contribution in [0.4, 0.5) is 5.13 Å². The SMILES string of the molecule is COc1cccc(OCC(=O)Nc2ncc(Cc3cccc4ccccc34)s2)c1. The van der Waals surface area contributed by atoms with Gasteiger partial charge in [0.05, 0.1) is 7.11 Å². The second-order valence-corrected chi connectivity index (χ2v) is 7.58. The first-order chi connectivity index (χ1) is 14.2. The van der Waals surface area contributed by atoms with Crippen LogP contribution in [0.3, 0.4) is 0 Å². The summed E-state index contributed by atoms with van der Waals surface area (Å²) in [4.78, 5) is 17.6. The predicted octanol–water partition coefficient (Wildman–Crippen LogP) is 4.91. The van der Waals surface area contributed by atoms with Crippen LogP contribution in [-0.2, 0) is 11.2 Å². The molecule has 0 spiro atoms. The molecule has 0 saturated heterocycles. The van der Waals surface area contributed by atoms with Crippen LogP contribution in [-0.4, -0.2) is 24.6 Å². The zero-order chi connectivity index (χ0) is 20.1. The summed E-state index contributed by atoms with van der Waals surface area (Å²) in [5.74, 6) is 1.01. The summed E-state index contributed by atoms with van der Waals surface area (Å²) in [6, 6.07) is 21.8. The number of rotatable bonds is 7. The average molecular weight is 404 g/mol. The number of fused-ring (bicyclic) bond motifs is 1. The first-order valence-corrected chi connectivity index (χ1v) is 10.0. The molecule has 1 aromatic heterocycles. The molecule has 0 radical (unpaired) electrons. The van der Waals surface area contributed by atoms with E-state index in [-0.39, 0.29) is 12.5 Å². The number of carbonyl (C=O) groups is 1. The standard InChI is InChI=1S/C23H20N2O3S/c1-27-18-9-5-10-19(13-18)28-15-22(26)25-23-24-14-20(29-23)12-17-8-4-7-16-6-2-3-11-21(16)17/h2-11,13-14H,12,15H2,1H3,(H,24,25,26). The molecule has 5 nitrogen and oxygen atoms in total. The number of nitrogens with zero attached hydrogens (tertiary/aromatic N) is 1. The first-order valence-electron chi connectivity index (χ1n) is 9.19. The molecule has 0 aliphatic heterocycles. The molecule has 6 heteroatoms. The van der Waals surface area contributed by atoms with Crippen molar-refractivity contribution < 1.29 is 14.3 Å². The Hall–Kier alpha value is -3.38. The Bertz CT molecular complexity index is 1130. The van der Waals surface area contributed by atoms with E-state index >= 15 is 0 Å². The van der Waals surface area contributed by atoms with Gasteiger partial charge in [0.15, 0.2) is 11.7 Å². The van der Waals surface area contributed by atoms with Crippen molar-refractivity contribution in [1.82, 2.24) is 4.98 Å². The number of amides is 1. The highest BCUT2D eigenvalue weighted by Crippen LogP contribution is 2.25. The number of methoxy groups -OCH3 is 1. The number of benzene rings is 3. The predicted molar refractivity (Wildman–Crippen MR) is 116 cm³/mol. The number of ether oxygens (including phenoxy) is 2. The Labute approximate surface area is 172 Å². The molecule has 0 saturated carbocycles. The van der Waals surface area contributed by atoms with Crippen molar-refractivity contribution in [2.45, 2.75) is 6.42 Å². The van der Waals surface area contributed by atoms with Crippen LogP contribution >= 0.6 is 11.3 Å². The lowest BCUT2D eigenvalue weighted by molar-refractivity contribution is -0.118. The van der Waals surface area contributed by atoms with Crippen LogP contribution in [0.2, 0.25) is 0 Å². The minimum Gasteiger partial charge on any atom is -0.497 e. The molecule has 0 aliphatic carbocycles. The Morgan fingerprint density at radius 2 is 1.83 bits per heavy atom. The van der Waals surface area contributed by atoms with E-state index in [1.807, 2.05) is 30.5 Å². The molecule has 4 rings (SSSR count). The van der Waals surface area contributed by atoms with Gasteiger partial charge in [0, 0.05) is 23.6 Å². The lowest BCUT2D eigenvalue weighted by Crippen LogP contribution is -2.19. The molecule has 0 fully saturated rings. The largest absolute Gasteiger partial charge is 0.497 e. The minimum atomic E-state index is -0.251. The number of aromatic nitrogens is 1. The molecule has 1 amide bonds. The Balaban J connectivity index is 1.37. The van der Waals surface area contributed by atoms with E-state index in [1.165, 1.54) is 27.7 Å². The fourth-order valence-corrected chi connectivity index (χ4v) is 3.93.